The molecule has 1 aromatic heterocycles. The second kappa shape index (κ2) is 5.77. The second-order valence-corrected chi connectivity index (χ2v) is 6.35. The van der Waals surface area contributed by atoms with Gasteiger partial charge >= 0.3 is 11.7 Å². The highest BCUT2D eigenvalue weighted by Crippen LogP contribution is 2.30. The molecule has 0 spiro atoms. The molecule has 5 nitrogen and oxygen atoms in total. The highest BCUT2D eigenvalue weighted by atomic mass is 16.4. The van der Waals surface area contributed by atoms with Crippen molar-refractivity contribution in [3.63, 3.8) is 0 Å². The van der Waals surface area contributed by atoms with Gasteiger partial charge in [-0.1, -0.05) is 20.8 Å². The lowest BCUT2D eigenvalue weighted by Gasteiger charge is -2.31. The Balaban J connectivity index is 3.36. The summed E-state index contributed by atoms with van der Waals surface area (Å²) in [6, 6.07) is -0.00771. The Morgan fingerprint density at radius 2 is 1.90 bits per heavy atom. The van der Waals surface area contributed by atoms with Gasteiger partial charge in [0.05, 0.1) is 0 Å². The second-order valence-electron chi connectivity index (χ2n) is 6.35. The van der Waals surface area contributed by atoms with Crippen molar-refractivity contribution in [3.8, 4) is 0 Å². The van der Waals surface area contributed by atoms with Crippen LogP contribution < -0.4 is 5.69 Å². The lowest BCUT2D eigenvalue weighted by atomic mass is 9.87. The molecule has 0 aliphatic rings. The predicted molar refractivity (Wildman–Crippen MR) is 78.1 cm³/mol. The van der Waals surface area contributed by atoms with Crippen molar-refractivity contribution >= 4 is 5.97 Å². The fraction of sp³-hybridized carbons (Fsp3) is 0.667. The Morgan fingerprint density at radius 3 is 2.35 bits per heavy atom. The van der Waals surface area contributed by atoms with Crippen LogP contribution in [0.25, 0.3) is 0 Å². The summed E-state index contributed by atoms with van der Waals surface area (Å²) in [6.45, 7) is 11.8. The molecule has 1 heterocycles. The molecule has 1 atom stereocenters. The molecule has 0 aromatic carbocycles. The zero-order valence-electron chi connectivity index (χ0n) is 13.1. The van der Waals surface area contributed by atoms with Crippen LogP contribution in [0.1, 0.15) is 57.1 Å². The number of rotatable bonds is 4. The van der Waals surface area contributed by atoms with Crippen LogP contribution in [0.2, 0.25) is 0 Å². The summed E-state index contributed by atoms with van der Waals surface area (Å²) >= 11 is 0. The third kappa shape index (κ3) is 3.46. The van der Waals surface area contributed by atoms with E-state index in [0.29, 0.717) is 12.1 Å². The number of aromatic nitrogens is 2. The van der Waals surface area contributed by atoms with E-state index in [9.17, 15) is 9.59 Å². The van der Waals surface area contributed by atoms with Gasteiger partial charge in [-0.05, 0) is 38.2 Å². The first-order valence-electron chi connectivity index (χ1n) is 6.86. The first-order chi connectivity index (χ1) is 9.05. The number of carbonyl (C=O) groups is 1. The van der Waals surface area contributed by atoms with Crippen LogP contribution in [0, 0.1) is 19.3 Å². The van der Waals surface area contributed by atoms with E-state index >= 15 is 0 Å². The molecule has 0 bridgehead atoms. The highest BCUT2D eigenvalue weighted by molar-refractivity contribution is 5.67. The highest BCUT2D eigenvalue weighted by Gasteiger charge is 2.25. The van der Waals surface area contributed by atoms with Gasteiger partial charge in [0.2, 0.25) is 0 Å². The standard InChI is InChI=1S/C15H24N2O3/c1-9-12(7-8-13(18)19)10(2)17(14(20)16-9)11(3)15(4,5)6/h11H,7-8H2,1-6H3,(H,18,19). The number of hydrogen-bond acceptors (Lipinski definition) is 3. The van der Waals surface area contributed by atoms with Crippen molar-refractivity contribution in [3.05, 3.63) is 27.4 Å². The molecule has 0 aliphatic carbocycles. The van der Waals surface area contributed by atoms with Crippen molar-refractivity contribution in [1.82, 2.24) is 9.55 Å². The van der Waals surface area contributed by atoms with Crippen molar-refractivity contribution in [1.29, 1.82) is 0 Å². The van der Waals surface area contributed by atoms with Gasteiger partial charge in [0.1, 0.15) is 0 Å². The summed E-state index contributed by atoms with van der Waals surface area (Å²) in [5.41, 5.74) is 1.98. The fourth-order valence-electron chi connectivity index (χ4n) is 2.25. The lowest BCUT2D eigenvalue weighted by molar-refractivity contribution is -0.136. The maximum atomic E-state index is 12.2. The van der Waals surface area contributed by atoms with Gasteiger partial charge in [-0.25, -0.2) is 4.79 Å². The molecule has 0 saturated heterocycles. The zero-order valence-corrected chi connectivity index (χ0v) is 13.1. The average molecular weight is 280 g/mol. The molecule has 1 aromatic rings. The molecular weight excluding hydrogens is 256 g/mol. The van der Waals surface area contributed by atoms with Crippen molar-refractivity contribution < 1.29 is 9.90 Å². The van der Waals surface area contributed by atoms with E-state index in [1.807, 2.05) is 13.8 Å². The summed E-state index contributed by atoms with van der Waals surface area (Å²) in [5.74, 6) is -0.842. The van der Waals surface area contributed by atoms with Gasteiger partial charge in [0.15, 0.2) is 0 Å². The molecule has 0 fully saturated rings. The Bertz CT molecular complexity index is 568. The summed E-state index contributed by atoms with van der Waals surface area (Å²) in [7, 11) is 0. The number of nitrogens with zero attached hydrogens (tertiary/aromatic N) is 2. The summed E-state index contributed by atoms with van der Waals surface area (Å²) in [6.07, 6.45) is 0.447. The molecule has 20 heavy (non-hydrogen) atoms. The molecule has 1 N–H and O–H groups in total. The van der Waals surface area contributed by atoms with Gasteiger partial charge in [0.25, 0.3) is 0 Å². The smallest absolute Gasteiger partial charge is 0.348 e. The molecule has 0 amide bonds. The Hall–Kier alpha value is -1.65. The Labute approximate surface area is 119 Å². The van der Waals surface area contributed by atoms with Crippen molar-refractivity contribution in [2.45, 2.75) is 60.4 Å². The first kappa shape index (κ1) is 16.4. The largest absolute Gasteiger partial charge is 0.481 e. The van der Waals surface area contributed by atoms with Gasteiger partial charge in [-0.15, -0.1) is 0 Å². The zero-order chi connectivity index (χ0) is 15.7. The minimum absolute atomic E-state index is 0.00771. The van der Waals surface area contributed by atoms with Crippen LogP contribution in [0.3, 0.4) is 0 Å². The summed E-state index contributed by atoms with van der Waals surface area (Å²) < 4.78 is 1.68. The van der Waals surface area contributed by atoms with E-state index in [4.69, 9.17) is 5.11 Å². The van der Waals surface area contributed by atoms with Crippen molar-refractivity contribution in [2.24, 2.45) is 5.41 Å². The minimum atomic E-state index is -0.842. The fourth-order valence-corrected chi connectivity index (χ4v) is 2.25. The van der Waals surface area contributed by atoms with Gasteiger partial charge in [-0.2, -0.15) is 4.98 Å². The maximum Gasteiger partial charge on any atom is 0.348 e. The van der Waals surface area contributed by atoms with Crippen LogP contribution in [-0.4, -0.2) is 20.6 Å². The van der Waals surface area contributed by atoms with Gasteiger partial charge in [0, 0.05) is 23.9 Å². The van der Waals surface area contributed by atoms with Gasteiger partial charge in [-0.3, -0.25) is 9.36 Å². The summed E-state index contributed by atoms with van der Waals surface area (Å²) in [5, 5.41) is 8.83. The monoisotopic (exact) mass is 280 g/mol. The van der Waals surface area contributed by atoms with Crippen LogP contribution >= 0.6 is 0 Å². The molecule has 0 radical (unpaired) electrons. The van der Waals surface area contributed by atoms with E-state index in [0.717, 1.165) is 11.3 Å². The summed E-state index contributed by atoms with van der Waals surface area (Å²) in [4.78, 5) is 27.0. The molecule has 1 rings (SSSR count). The third-order valence-corrected chi connectivity index (χ3v) is 3.93. The van der Waals surface area contributed by atoms with Crippen LogP contribution in [0.5, 0.6) is 0 Å². The van der Waals surface area contributed by atoms with Crippen LogP contribution in [0.4, 0.5) is 0 Å². The molecule has 0 aliphatic heterocycles. The average Bonchev–Trinajstić information content (AvgIpc) is 2.26. The SMILES string of the molecule is Cc1nc(=O)n(C(C)C(C)(C)C)c(C)c1CCC(=O)O. The quantitative estimate of drug-likeness (QED) is 0.919. The van der Waals surface area contributed by atoms with E-state index in [2.05, 4.69) is 25.8 Å². The molecule has 1 unspecified atom stereocenters. The minimum Gasteiger partial charge on any atom is -0.481 e. The molecule has 5 heteroatoms. The maximum absolute atomic E-state index is 12.2. The number of hydrogen-bond donors (Lipinski definition) is 1. The number of aliphatic carboxylic acids is 1. The predicted octanol–water partition coefficient (Wildman–Crippen LogP) is 2.48. The van der Waals surface area contributed by atoms with E-state index in [-0.39, 0.29) is 23.6 Å². The van der Waals surface area contributed by atoms with Crippen LogP contribution in [0.15, 0.2) is 4.79 Å². The number of aryl methyl sites for hydroxylation is 1. The van der Waals surface area contributed by atoms with Crippen molar-refractivity contribution in [2.75, 3.05) is 0 Å². The molecule has 0 saturated carbocycles. The third-order valence-electron chi connectivity index (χ3n) is 3.93. The number of carboxylic acid groups (broad SMARTS) is 1. The number of carboxylic acids is 1. The van der Waals surface area contributed by atoms with E-state index < -0.39 is 5.97 Å². The topological polar surface area (TPSA) is 72.2 Å². The first-order valence-corrected chi connectivity index (χ1v) is 6.86. The Morgan fingerprint density at radius 1 is 1.35 bits per heavy atom. The van der Waals surface area contributed by atoms with E-state index in [1.54, 1.807) is 11.5 Å². The lowest BCUT2D eigenvalue weighted by Crippen LogP contribution is -2.35. The Kier molecular flexibility index (Phi) is 4.73. The normalized spacial score (nSPS) is 13.3. The van der Waals surface area contributed by atoms with E-state index in [1.165, 1.54) is 0 Å². The molecular formula is C15H24N2O3. The molecule has 112 valence electrons. The van der Waals surface area contributed by atoms with Gasteiger partial charge < -0.3 is 5.11 Å². The van der Waals surface area contributed by atoms with Crippen LogP contribution in [-0.2, 0) is 11.2 Å².